The second-order valence-corrected chi connectivity index (χ2v) is 6.97. The molecule has 0 unspecified atom stereocenters. The van der Waals surface area contributed by atoms with Crippen LogP contribution in [0, 0.1) is 25.5 Å². The van der Waals surface area contributed by atoms with Gasteiger partial charge in [-0.2, -0.15) is 4.99 Å². The molecule has 27 heavy (non-hydrogen) atoms. The van der Waals surface area contributed by atoms with E-state index in [0.717, 1.165) is 28.0 Å². The third-order valence-electron chi connectivity index (χ3n) is 4.00. The molecule has 0 saturated heterocycles. The summed E-state index contributed by atoms with van der Waals surface area (Å²) < 4.78 is 34.8. The van der Waals surface area contributed by atoms with Gasteiger partial charge in [-0.1, -0.05) is 23.5 Å². The lowest BCUT2D eigenvalue weighted by molar-refractivity contribution is -0.141. The second kappa shape index (κ2) is 7.40. The van der Waals surface area contributed by atoms with Gasteiger partial charge < -0.3 is 9.30 Å². The Balaban J connectivity index is 2.25. The largest absolute Gasteiger partial charge is 0.468 e. The second-order valence-electron chi connectivity index (χ2n) is 5.99. The number of halogens is 2. The molecular weight excluding hydrogens is 374 g/mol. The molecule has 0 spiro atoms. The summed E-state index contributed by atoms with van der Waals surface area (Å²) in [6.07, 6.45) is 0. The summed E-state index contributed by atoms with van der Waals surface area (Å²) in [5.41, 5.74) is 1.88. The summed E-state index contributed by atoms with van der Waals surface area (Å²) >= 11 is 1.17. The van der Waals surface area contributed by atoms with Crippen LogP contribution in [-0.4, -0.2) is 23.6 Å². The predicted octanol–water partition coefficient (Wildman–Crippen LogP) is 3.51. The van der Waals surface area contributed by atoms with E-state index < -0.39 is 29.1 Å². The average Bonchev–Trinajstić information content (AvgIpc) is 2.92. The summed E-state index contributed by atoms with van der Waals surface area (Å²) in [4.78, 5) is 28.3. The number of carbonyl (C=O) groups is 2. The summed E-state index contributed by atoms with van der Waals surface area (Å²) in [5.74, 6) is -3.56. The number of nitrogens with zero attached hydrogens (tertiary/aromatic N) is 2. The van der Waals surface area contributed by atoms with Crippen molar-refractivity contribution in [2.24, 2.45) is 4.99 Å². The van der Waals surface area contributed by atoms with Crippen LogP contribution in [0.2, 0.25) is 0 Å². The molecule has 3 rings (SSSR count). The number of aryl methyl sites for hydroxylation is 2. The van der Waals surface area contributed by atoms with Crippen LogP contribution in [0.4, 0.5) is 8.78 Å². The van der Waals surface area contributed by atoms with Gasteiger partial charge in [0.25, 0.3) is 5.91 Å². The number of carbonyl (C=O) groups excluding carboxylic acids is 2. The molecule has 1 heterocycles. The fourth-order valence-corrected chi connectivity index (χ4v) is 3.87. The number of rotatable bonds is 3. The smallest absolute Gasteiger partial charge is 0.325 e. The molecule has 0 bridgehead atoms. The highest BCUT2D eigenvalue weighted by Crippen LogP contribution is 2.24. The minimum absolute atomic E-state index is 0.164. The molecule has 1 aromatic heterocycles. The summed E-state index contributed by atoms with van der Waals surface area (Å²) in [7, 11) is 1.25. The summed E-state index contributed by atoms with van der Waals surface area (Å²) in [6.45, 7) is 3.63. The van der Waals surface area contributed by atoms with Crippen molar-refractivity contribution in [3.05, 3.63) is 63.5 Å². The molecule has 2 aromatic carbocycles. The lowest BCUT2D eigenvalue weighted by Crippen LogP contribution is -2.22. The number of esters is 1. The van der Waals surface area contributed by atoms with Gasteiger partial charge in [0.15, 0.2) is 4.80 Å². The Hall–Kier alpha value is -2.87. The molecule has 0 saturated carbocycles. The van der Waals surface area contributed by atoms with E-state index in [4.69, 9.17) is 4.74 Å². The third kappa shape index (κ3) is 3.66. The van der Waals surface area contributed by atoms with Crippen molar-refractivity contribution in [3.8, 4) is 0 Å². The van der Waals surface area contributed by atoms with E-state index in [-0.39, 0.29) is 11.3 Å². The van der Waals surface area contributed by atoms with Crippen LogP contribution in [0.1, 0.15) is 21.5 Å². The molecule has 0 aliphatic carbocycles. The van der Waals surface area contributed by atoms with Gasteiger partial charge in [0.05, 0.1) is 17.3 Å². The summed E-state index contributed by atoms with van der Waals surface area (Å²) in [5, 5.41) is 0. The van der Waals surface area contributed by atoms with Crippen LogP contribution < -0.4 is 4.80 Å². The number of aromatic nitrogens is 1. The van der Waals surface area contributed by atoms with Crippen molar-refractivity contribution in [1.29, 1.82) is 0 Å². The molecule has 140 valence electrons. The third-order valence-corrected chi connectivity index (χ3v) is 5.23. The topological polar surface area (TPSA) is 60.7 Å². The van der Waals surface area contributed by atoms with Gasteiger partial charge in [-0.3, -0.25) is 9.59 Å². The number of thiazole rings is 1. The number of hydrogen-bond donors (Lipinski definition) is 0. The molecular formula is C19H16F2N2O3S. The van der Waals surface area contributed by atoms with Crippen molar-refractivity contribution in [2.45, 2.75) is 20.4 Å². The first-order valence-electron chi connectivity index (χ1n) is 8.02. The van der Waals surface area contributed by atoms with Crippen LogP contribution in [0.15, 0.2) is 35.3 Å². The predicted molar refractivity (Wildman–Crippen MR) is 97.6 cm³/mol. The van der Waals surface area contributed by atoms with Crippen LogP contribution in [0.25, 0.3) is 10.2 Å². The Labute approximate surface area is 157 Å². The molecule has 3 aromatic rings. The Bertz CT molecular complexity index is 1110. The Morgan fingerprint density at radius 1 is 1.19 bits per heavy atom. The normalized spacial score (nSPS) is 11.8. The highest BCUT2D eigenvalue weighted by Gasteiger charge is 2.18. The van der Waals surface area contributed by atoms with E-state index in [1.54, 1.807) is 0 Å². The lowest BCUT2D eigenvalue weighted by Gasteiger charge is -2.05. The Kier molecular flexibility index (Phi) is 5.18. The zero-order chi connectivity index (χ0) is 19.7. The van der Waals surface area contributed by atoms with Gasteiger partial charge >= 0.3 is 5.97 Å². The number of amides is 1. The van der Waals surface area contributed by atoms with E-state index in [0.29, 0.717) is 5.52 Å². The van der Waals surface area contributed by atoms with Crippen molar-refractivity contribution in [2.75, 3.05) is 7.11 Å². The van der Waals surface area contributed by atoms with Gasteiger partial charge in [-0.05, 0) is 43.2 Å². The van der Waals surface area contributed by atoms with Crippen LogP contribution in [-0.2, 0) is 16.1 Å². The number of benzene rings is 2. The molecule has 0 radical (unpaired) electrons. The fraction of sp³-hybridized carbons (Fsp3) is 0.211. The molecule has 0 aliphatic rings. The quantitative estimate of drug-likeness (QED) is 0.643. The number of methoxy groups -OCH3 is 1. The zero-order valence-electron chi connectivity index (χ0n) is 14.9. The highest BCUT2D eigenvalue weighted by molar-refractivity contribution is 7.16. The SMILES string of the molecule is COC(=O)Cn1c(=NC(=O)c2c(F)cccc2F)sc2c(C)cc(C)cc21. The van der Waals surface area contributed by atoms with Crippen LogP contribution >= 0.6 is 11.3 Å². The summed E-state index contributed by atoms with van der Waals surface area (Å²) in [6, 6.07) is 6.97. The first kappa shape index (κ1) is 18.9. The van der Waals surface area contributed by atoms with Gasteiger partial charge in [0.2, 0.25) is 0 Å². The van der Waals surface area contributed by atoms with Gasteiger partial charge in [0.1, 0.15) is 23.7 Å². The van der Waals surface area contributed by atoms with Gasteiger partial charge in [-0.15, -0.1) is 0 Å². The molecule has 0 fully saturated rings. The minimum Gasteiger partial charge on any atom is -0.468 e. The minimum atomic E-state index is -1.05. The highest BCUT2D eigenvalue weighted by atomic mass is 32.1. The molecule has 0 atom stereocenters. The maximum absolute atomic E-state index is 13.9. The van der Waals surface area contributed by atoms with E-state index in [2.05, 4.69) is 4.99 Å². The molecule has 8 heteroatoms. The van der Waals surface area contributed by atoms with Crippen molar-refractivity contribution < 1.29 is 23.1 Å². The first-order valence-corrected chi connectivity index (χ1v) is 8.84. The monoisotopic (exact) mass is 390 g/mol. The van der Waals surface area contributed by atoms with E-state index >= 15 is 0 Å². The van der Waals surface area contributed by atoms with E-state index in [1.165, 1.54) is 29.1 Å². The van der Waals surface area contributed by atoms with Crippen molar-refractivity contribution >= 4 is 33.4 Å². The zero-order valence-corrected chi connectivity index (χ0v) is 15.7. The average molecular weight is 390 g/mol. The first-order chi connectivity index (χ1) is 12.8. The maximum Gasteiger partial charge on any atom is 0.325 e. The van der Waals surface area contributed by atoms with Crippen molar-refractivity contribution in [3.63, 3.8) is 0 Å². The molecule has 5 nitrogen and oxygen atoms in total. The van der Waals surface area contributed by atoms with Crippen LogP contribution in [0.3, 0.4) is 0 Å². The molecule has 0 N–H and O–H groups in total. The number of ether oxygens (including phenoxy) is 1. The number of fused-ring (bicyclic) bond motifs is 1. The number of hydrogen-bond acceptors (Lipinski definition) is 4. The molecule has 1 amide bonds. The molecule has 0 aliphatic heterocycles. The Morgan fingerprint density at radius 2 is 1.85 bits per heavy atom. The fourth-order valence-electron chi connectivity index (χ4n) is 2.79. The van der Waals surface area contributed by atoms with E-state index in [1.807, 2.05) is 26.0 Å². The standard InChI is InChI=1S/C19H16F2N2O3S/c1-10-7-11(2)17-14(8-10)23(9-15(24)26-3)19(27-17)22-18(25)16-12(20)5-4-6-13(16)21/h4-8H,9H2,1-3H3. The van der Waals surface area contributed by atoms with Gasteiger partial charge in [0, 0.05) is 0 Å². The van der Waals surface area contributed by atoms with Gasteiger partial charge in [-0.25, -0.2) is 8.78 Å². The lowest BCUT2D eigenvalue weighted by atomic mass is 10.1. The maximum atomic E-state index is 13.9. The van der Waals surface area contributed by atoms with Crippen LogP contribution in [0.5, 0.6) is 0 Å². The van der Waals surface area contributed by atoms with Crippen molar-refractivity contribution in [1.82, 2.24) is 4.57 Å². The van der Waals surface area contributed by atoms with E-state index in [9.17, 15) is 18.4 Å². The Morgan fingerprint density at radius 3 is 2.48 bits per heavy atom.